The second-order valence-corrected chi connectivity index (χ2v) is 5.25. The Morgan fingerprint density at radius 2 is 2.25 bits per heavy atom. The van der Waals surface area contributed by atoms with Gasteiger partial charge >= 0.3 is 5.69 Å². The second kappa shape index (κ2) is 6.21. The van der Waals surface area contributed by atoms with Gasteiger partial charge in [-0.15, -0.1) is 0 Å². The molecule has 2 heterocycles. The van der Waals surface area contributed by atoms with E-state index in [1.54, 1.807) is 11.6 Å². The van der Waals surface area contributed by atoms with Crippen LogP contribution in [0.4, 0.5) is 11.5 Å². The van der Waals surface area contributed by atoms with E-state index in [4.69, 9.17) is 5.73 Å². The van der Waals surface area contributed by atoms with Crippen molar-refractivity contribution in [2.24, 2.45) is 5.73 Å². The number of rotatable bonds is 5. The van der Waals surface area contributed by atoms with Crippen molar-refractivity contribution in [3.05, 3.63) is 15.8 Å². The van der Waals surface area contributed by atoms with E-state index >= 15 is 0 Å². The number of hydrogen-bond donors (Lipinski definition) is 1. The summed E-state index contributed by atoms with van der Waals surface area (Å²) in [5.41, 5.74) is 6.33. The summed E-state index contributed by atoms with van der Waals surface area (Å²) in [6, 6.07) is 0.286. The van der Waals surface area contributed by atoms with Gasteiger partial charge in [0.2, 0.25) is 5.82 Å². The monoisotopic (exact) mass is 281 g/mol. The molecule has 7 nitrogen and oxygen atoms in total. The first-order valence-corrected chi connectivity index (χ1v) is 7.28. The second-order valence-electron chi connectivity index (χ2n) is 5.25. The Morgan fingerprint density at radius 1 is 1.50 bits per heavy atom. The zero-order chi connectivity index (χ0) is 14.7. The van der Waals surface area contributed by atoms with Gasteiger partial charge < -0.3 is 10.6 Å². The molecule has 0 aromatic carbocycles. The van der Waals surface area contributed by atoms with E-state index in [0.717, 1.165) is 32.2 Å². The van der Waals surface area contributed by atoms with Crippen LogP contribution in [0.5, 0.6) is 0 Å². The molecule has 2 rings (SSSR count). The van der Waals surface area contributed by atoms with E-state index in [9.17, 15) is 10.1 Å². The summed E-state index contributed by atoms with van der Waals surface area (Å²) in [6.07, 6.45) is 4.13. The minimum atomic E-state index is -0.308. The van der Waals surface area contributed by atoms with Gasteiger partial charge in [-0.1, -0.05) is 0 Å². The topological polar surface area (TPSA) is 90.2 Å². The molecule has 1 aliphatic rings. The van der Waals surface area contributed by atoms with E-state index in [0.29, 0.717) is 24.6 Å². The Kier molecular flexibility index (Phi) is 4.59. The van der Waals surface area contributed by atoms with Gasteiger partial charge in [-0.25, -0.2) is 4.68 Å². The zero-order valence-electron chi connectivity index (χ0n) is 12.2. The highest BCUT2D eigenvalue weighted by Crippen LogP contribution is 2.36. The standard InChI is InChI=1S/C13H23N5O2/c1-3-17-13(12(18(19)20)10(2)15-17)16-9-5-4-6-11(16)7-8-14/h11H,3-9,14H2,1-2H3. The van der Waals surface area contributed by atoms with Gasteiger partial charge in [0, 0.05) is 19.1 Å². The smallest absolute Gasteiger partial charge is 0.333 e. The van der Waals surface area contributed by atoms with E-state index in [-0.39, 0.29) is 16.7 Å². The summed E-state index contributed by atoms with van der Waals surface area (Å²) in [7, 11) is 0. The predicted molar refractivity (Wildman–Crippen MR) is 77.9 cm³/mol. The summed E-state index contributed by atoms with van der Waals surface area (Å²) in [4.78, 5) is 13.2. The number of nitrogens with zero attached hydrogens (tertiary/aromatic N) is 4. The van der Waals surface area contributed by atoms with Gasteiger partial charge in [-0.05, 0) is 46.1 Å². The molecule has 1 fully saturated rings. The van der Waals surface area contributed by atoms with E-state index in [1.807, 2.05) is 6.92 Å². The molecular formula is C13H23N5O2. The predicted octanol–water partition coefficient (Wildman–Crippen LogP) is 1.83. The quantitative estimate of drug-likeness (QED) is 0.656. The number of nitro groups is 1. The molecule has 112 valence electrons. The molecule has 0 radical (unpaired) electrons. The fourth-order valence-electron chi connectivity index (χ4n) is 3.05. The molecule has 0 amide bonds. The lowest BCUT2D eigenvalue weighted by molar-refractivity contribution is -0.384. The zero-order valence-corrected chi connectivity index (χ0v) is 12.2. The van der Waals surface area contributed by atoms with Crippen LogP contribution in [0.1, 0.15) is 38.3 Å². The van der Waals surface area contributed by atoms with Crippen LogP contribution in [0, 0.1) is 17.0 Å². The van der Waals surface area contributed by atoms with Crippen molar-refractivity contribution in [3.8, 4) is 0 Å². The van der Waals surface area contributed by atoms with Gasteiger partial charge in [0.25, 0.3) is 0 Å². The molecule has 0 aliphatic carbocycles. The summed E-state index contributed by atoms with van der Waals surface area (Å²) >= 11 is 0. The lowest BCUT2D eigenvalue weighted by atomic mass is 9.99. The molecular weight excluding hydrogens is 258 g/mol. The van der Waals surface area contributed by atoms with Crippen molar-refractivity contribution < 1.29 is 4.92 Å². The van der Waals surface area contributed by atoms with Crippen molar-refractivity contribution in [1.82, 2.24) is 9.78 Å². The number of piperidine rings is 1. The summed E-state index contributed by atoms with van der Waals surface area (Å²) in [5.74, 6) is 0.660. The molecule has 0 bridgehead atoms. The SMILES string of the molecule is CCn1nc(C)c([N+](=O)[O-])c1N1CCCCC1CCN. The average Bonchev–Trinajstić information content (AvgIpc) is 2.76. The minimum Gasteiger partial charge on any atom is -0.348 e. The maximum absolute atomic E-state index is 11.4. The van der Waals surface area contributed by atoms with Crippen LogP contribution in [-0.4, -0.2) is 33.8 Å². The van der Waals surface area contributed by atoms with Crippen LogP contribution < -0.4 is 10.6 Å². The summed E-state index contributed by atoms with van der Waals surface area (Å²) in [6.45, 7) is 5.75. The van der Waals surface area contributed by atoms with Crippen molar-refractivity contribution in [3.63, 3.8) is 0 Å². The molecule has 0 saturated carbocycles. The third-order valence-corrected chi connectivity index (χ3v) is 3.95. The largest absolute Gasteiger partial charge is 0.348 e. The Labute approximate surface area is 118 Å². The fourth-order valence-corrected chi connectivity index (χ4v) is 3.05. The third-order valence-electron chi connectivity index (χ3n) is 3.95. The molecule has 1 aromatic rings. The lowest BCUT2D eigenvalue weighted by Gasteiger charge is -2.36. The van der Waals surface area contributed by atoms with Crippen molar-refractivity contribution >= 4 is 11.5 Å². The van der Waals surface area contributed by atoms with Crippen LogP contribution in [0.15, 0.2) is 0 Å². The van der Waals surface area contributed by atoms with Crippen molar-refractivity contribution in [2.75, 3.05) is 18.0 Å². The van der Waals surface area contributed by atoms with Crippen molar-refractivity contribution in [2.45, 2.75) is 52.1 Å². The molecule has 1 aromatic heterocycles. The van der Waals surface area contributed by atoms with E-state index < -0.39 is 0 Å². The lowest BCUT2D eigenvalue weighted by Crippen LogP contribution is -2.42. The first-order chi connectivity index (χ1) is 9.60. The number of anilines is 1. The molecule has 7 heteroatoms. The van der Waals surface area contributed by atoms with Gasteiger partial charge in [0.05, 0.1) is 4.92 Å². The first kappa shape index (κ1) is 14.8. The molecule has 1 unspecified atom stereocenters. The van der Waals surface area contributed by atoms with Gasteiger partial charge in [-0.2, -0.15) is 5.10 Å². The number of nitrogens with two attached hydrogens (primary N) is 1. The summed E-state index contributed by atoms with van der Waals surface area (Å²) < 4.78 is 1.75. The Hall–Kier alpha value is -1.63. The van der Waals surface area contributed by atoms with Crippen LogP contribution in [-0.2, 0) is 6.54 Å². The van der Waals surface area contributed by atoms with Crippen molar-refractivity contribution in [1.29, 1.82) is 0 Å². The minimum absolute atomic E-state index is 0.149. The van der Waals surface area contributed by atoms with Crippen LogP contribution in [0.25, 0.3) is 0 Å². The Bertz CT molecular complexity index is 483. The fraction of sp³-hybridized carbons (Fsp3) is 0.769. The van der Waals surface area contributed by atoms with Gasteiger partial charge in [-0.3, -0.25) is 10.1 Å². The number of aromatic nitrogens is 2. The number of aryl methyl sites for hydroxylation is 2. The van der Waals surface area contributed by atoms with Gasteiger partial charge in [0.1, 0.15) is 5.69 Å². The normalized spacial score (nSPS) is 19.4. The van der Waals surface area contributed by atoms with Crippen LogP contribution >= 0.6 is 0 Å². The summed E-state index contributed by atoms with van der Waals surface area (Å²) in [5, 5.41) is 15.7. The number of hydrogen-bond acceptors (Lipinski definition) is 5. The molecule has 2 N–H and O–H groups in total. The Balaban J connectivity index is 2.45. The van der Waals surface area contributed by atoms with Gasteiger partial charge in [0.15, 0.2) is 0 Å². The van der Waals surface area contributed by atoms with E-state index in [1.165, 1.54) is 0 Å². The average molecular weight is 281 g/mol. The highest BCUT2D eigenvalue weighted by Gasteiger charge is 2.33. The molecule has 1 atom stereocenters. The molecule has 20 heavy (non-hydrogen) atoms. The third kappa shape index (κ3) is 2.63. The Morgan fingerprint density at radius 3 is 2.85 bits per heavy atom. The molecule has 1 aliphatic heterocycles. The first-order valence-electron chi connectivity index (χ1n) is 7.28. The highest BCUT2D eigenvalue weighted by molar-refractivity contribution is 5.62. The highest BCUT2D eigenvalue weighted by atomic mass is 16.6. The molecule has 1 saturated heterocycles. The maximum atomic E-state index is 11.4. The maximum Gasteiger partial charge on any atom is 0.333 e. The molecule has 0 spiro atoms. The van der Waals surface area contributed by atoms with Crippen LogP contribution in [0.2, 0.25) is 0 Å². The van der Waals surface area contributed by atoms with Crippen LogP contribution in [0.3, 0.4) is 0 Å². The van der Waals surface area contributed by atoms with E-state index in [2.05, 4.69) is 10.00 Å².